The molecule has 0 saturated heterocycles. The van der Waals surface area contributed by atoms with Crippen molar-refractivity contribution in [2.45, 2.75) is 64.7 Å². The van der Waals surface area contributed by atoms with Crippen LogP contribution >= 0.6 is 0 Å². The summed E-state index contributed by atoms with van der Waals surface area (Å²) in [6.07, 6.45) is 11.0. The van der Waals surface area contributed by atoms with Crippen LogP contribution in [0, 0.1) is 5.92 Å². The molecule has 1 aliphatic rings. The van der Waals surface area contributed by atoms with Gasteiger partial charge in [-0.3, -0.25) is 4.79 Å². The number of rotatable bonds is 6. The minimum atomic E-state index is 0. The molecule has 99 valence electrons. The molecule has 2 nitrogen and oxygen atoms in total. The standard InChI is InChI=1S/C14H24O2.Mn/c1-2-3-5-10-13(15)11-14(16)12-8-6-4-7-9-12;/h11-12,15H,2-10H2,1H3;/b13-11-;. The van der Waals surface area contributed by atoms with E-state index in [0.717, 1.165) is 32.1 Å². The van der Waals surface area contributed by atoms with Gasteiger partial charge in [0.2, 0.25) is 0 Å². The van der Waals surface area contributed by atoms with E-state index in [-0.39, 0.29) is 34.5 Å². The molecule has 17 heavy (non-hydrogen) atoms. The van der Waals surface area contributed by atoms with Crippen molar-refractivity contribution in [3.63, 3.8) is 0 Å². The molecular formula is C14H24MnO2. The average Bonchev–Trinajstić information content (AvgIpc) is 2.30. The molecule has 1 saturated carbocycles. The molecule has 1 radical (unpaired) electrons. The SMILES string of the molecule is CCCCC/C(O)=C/C(=O)C1CCCCC1.[Mn]. The summed E-state index contributed by atoms with van der Waals surface area (Å²) in [6.45, 7) is 2.13. The van der Waals surface area contributed by atoms with Gasteiger partial charge in [-0.1, -0.05) is 39.0 Å². The summed E-state index contributed by atoms with van der Waals surface area (Å²) in [5.74, 6) is 0.611. The van der Waals surface area contributed by atoms with Crippen LogP contribution in [0.25, 0.3) is 0 Å². The van der Waals surface area contributed by atoms with Gasteiger partial charge >= 0.3 is 0 Å². The van der Waals surface area contributed by atoms with Gasteiger partial charge in [-0.25, -0.2) is 0 Å². The van der Waals surface area contributed by atoms with E-state index in [0.29, 0.717) is 6.42 Å². The van der Waals surface area contributed by atoms with Crippen LogP contribution in [0.3, 0.4) is 0 Å². The van der Waals surface area contributed by atoms with Crippen molar-refractivity contribution in [1.82, 2.24) is 0 Å². The molecule has 1 N–H and O–H groups in total. The van der Waals surface area contributed by atoms with Crippen molar-refractivity contribution in [1.29, 1.82) is 0 Å². The number of carbonyl (C=O) groups excluding carboxylic acids is 1. The first-order valence-electron chi connectivity index (χ1n) is 6.67. The molecule has 0 spiro atoms. The molecule has 3 heteroatoms. The smallest absolute Gasteiger partial charge is 0.162 e. The number of hydrogen-bond donors (Lipinski definition) is 1. The monoisotopic (exact) mass is 279 g/mol. The second-order valence-corrected chi connectivity index (χ2v) is 4.83. The van der Waals surface area contributed by atoms with Crippen molar-refractivity contribution in [3.8, 4) is 0 Å². The third-order valence-electron chi connectivity index (χ3n) is 3.35. The van der Waals surface area contributed by atoms with Crippen LogP contribution < -0.4 is 0 Å². The van der Waals surface area contributed by atoms with E-state index in [1.165, 1.54) is 25.3 Å². The number of allylic oxidation sites excluding steroid dienone is 2. The molecule has 0 aromatic carbocycles. The van der Waals surface area contributed by atoms with Crippen molar-refractivity contribution in [2.75, 3.05) is 0 Å². The Kier molecular flexibility index (Phi) is 9.57. The number of unbranched alkanes of at least 4 members (excludes halogenated alkanes) is 2. The molecule has 0 bridgehead atoms. The molecule has 1 fully saturated rings. The summed E-state index contributed by atoms with van der Waals surface area (Å²) in [7, 11) is 0. The maximum absolute atomic E-state index is 11.8. The van der Waals surface area contributed by atoms with E-state index in [2.05, 4.69) is 6.92 Å². The first-order chi connectivity index (χ1) is 7.74. The summed E-state index contributed by atoms with van der Waals surface area (Å²) in [5.41, 5.74) is 0. The minimum absolute atomic E-state index is 0. The van der Waals surface area contributed by atoms with Crippen molar-refractivity contribution < 1.29 is 27.0 Å². The van der Waals surface area contributed by atoms with Crippen molar-refractivity contribution in [2.24, 2.45) is 5.92 Å². The van der Waals surface area contributed by atoms with Gasteiger partial charge in [0.15, 0.2) is 5.78 Å². The maximum atomic E-state index is 11.8. The van der Waals surface area contributed by atoms with Crippen LogP contribution in [-0.4, -0.2) is 10.9 Å². The first-order valence-corrected chi connectivity index (χ1v) is 6.67. The predicted octanol–water partition coefficient (Wildman–Crippen LogP) is 4.16. The van der Waals surface area contributed by atoms with Gasteiger partial charge in [-0.15, -0.1) is 0 Å². The third kappa shape index (κ3) is 6.90. The largest absolute Gasteiger partial charge is 0.512 e. The summed E-state index contributed by atoms with van der Waals surface area (Å²) in [5, 5.41) is 9.62. The van der Waals surface area contributed by atoms with E-state index in [1.54, 1.807) is 0 Å². The Bertz CT molecular complexity index is 243. The number of hydrogen-bond acceptors (Lipinski definition) is 2. The molecule has 0 heterocycles. The van der Waals surface area contributed by atoms with Crippen LogP contribution in [0.15, 0.2) is 11.8 Å². The molecular weight excluding hydrogens is 255 g/mol. The molecule has 0 aromatic rings. The molecule has 0 atom stereocenters. The topological polar surface area (TPSA) is 37.3 Å². The van der Waals surface area contributed by atoms with Gasteiger partial charge in [0.25, 0.3) is 0 Å². The Morgan fingerprint density at radius 3 is 2.47 bits per heavy atom. The van der Waals surface area contributed by atoms with Gasteiger partial charge in [0, 0.05) is 35.5 Å². The summed E-state index contributed by atoms with van der Waals surface area (Å²) in [4.78, 5) is 11.8. The molecule has 1 aliphatic carbocycles. The summed E-state index contributed by atoms with van der Waals surface area (Å²) in [6, 6.07) is 0. The van der Waals surface area contributed by atoms with Gasteiger partial charge in [0.1, 0.15) is 0 Å². The Morgan fingerprint density at radius 2 is 1.88 bits per heavy atom. The second-order valence-electron chi connectivity index (χ2n) is 4.83. The zero-order valence-corrected chi connectivity index (χ0v) is 11.9. The fourth-order valence-electron chi connectivity index (χ4n) is 2.30. The van der Waals surface area contributed by atoms with Gasteiger partial charge in [-0.05, 0) is 19.3 Å². The number of aliphatic hydroxyl groups is 1. The summed E-state index contributed by atoms with van der Waals surface area (Å²) < 4.78 is 0. The quantitative estimate of drug-likeness (QED) is 0.343. The van der Waals surface area contributed by atoms with Gasteiger partial charge < -0.3 is 5.11 Å². The Hall–Kier alpha value is -0.271. The number of ketones is 1. The third-order valence-corrected chi connectivity index (χ3v) is 3.35. The van der Waals surface area contributed by atoms with Crippen LogP contribution in [0.4, 0.5) is 0 Å². The van der Waals surface area contributed by atoms with Crippen LogP contribution in [0.2, 0.25) is 0 Å². The average molecular weight is 279 g/mol. The Labute approximate surface area is 115 Å². The fraction of sp³-hybridized carbons (Fsp3) is 0.786. The molecule has 0 aliphatic heterocycles. The number of aliphatic hydroxyl groups excluding tert-OH is 1. The van der Waals surface area contributed by atoms with Crippen LogP contribution in [0.5, 0.6) is 0 Å². The normalized spacial score (nSPS) is 17.6. The van der Waals surface area contributed by atoms with E-state index >= 15 is 0 Å². The van der Waals surface area contributed by atoms with Gasteiger partial charge in [-0.2, -0.15) is 0 Å². The molecule has 0 aromatic heterocycles. The molecule has 1 rings (SSSR count). The Balaban J connectivity index is 0.00000256. The zero-order chi connectivity index (χ0) is 11.8. The van der Waals surface area contributed by atoms with Gasteiger partial charge in [0.05, 0.1) is 5.76 Å². The van der Waals surface area contributed by atoms with Crippen molar-refractivity contribution in [3.05, 3.63) is 11.8 Å². The second kappa shape index (κ2) is 9.73. The zero-order valence-electron chi connectivity index (χ0n) is 10.8. The summed E-state index contributed by atoms with van der Waals surface area (Å²) >= 11 is 0. The van der Waals surface area contributed by atoms with Crippen LogP contribution in [-0.2, 0) is 21.9 Å². The predicted molar refractivity (Wildman–Crippen MR) is 66.4 cm³/mol. The minimum Gasteiger partial charge on any atom is -0.512 e. The Morgan fingerprint density at radius 1 is 1.24 bits per heavy atom. The van der Waals surface area contributed by atoms with Crippen molar-refractivity contribution >= 4 is 5.78 Å². The molecule has 0 amide bonds. The van der Waals surface area contributed by atoms with E-state index < -0.39 is 0 Å². The fourth-order valence-corrected chi connectivity index (χ4v) is 2.30. The van der Waals surface area contributed by atoms with E-state index in [9.17, 15) is 9.90 Å². The maximum Gasteiger partial charge on any atom is 0.162 e. The van der Waals surface area contributed by atoms with E-state index in [1.807, 2.05) is 0 Å². The number of carbonyl (C=O) groups is 1. The first kappa shape index (κ1) is 16.7. The van der Waals surface area contributed by atoms with Crippen LogP contribution in [0.1, 0.15) is 64.7 Å². The van der Waals surface area contributed by atoms with E-state index in [4.69, 9.17) is 0 Å². The molecule has 0 unspecified atom stereocenters.